The number of ether oxygens (including phenoxy) is 2. The Balaban J connectivity index is 1.32. The van der Waals surface area contributed by atoms with Crippen molar-refractivity contribution in [2.24, 2.45) is 0 Å². The van der Waals surface area contributed by atoms with Crippen molar-refractivity contribution in [1.29, 1.82) is 0 Å². The summed E-state index contributed by atoms with van der Waals surface area (Å²) in [5.74, 6) is 1.62. The monoisotopic (exact) mass is 444 g/mol. The van der Waals surface area contributed by atoms with Gasteiger partial charge in [-0.3, -0.25) is 9.59 Å². The zero-order valence-corrected chi connectivity index (χ0v) is 18.7. The zero-order chi connectivity index (χ0) is 22.0. The van der Waals surface area contributed by atoms with Crippen LogP contribution in [0.4, 0.5) is 11.4 Å². The highest BCUT2D eigenvalue weighted by Gasteiger charge is 2.03. The maximum atomic E-state index is 11.7. The van der Waals surface area contributed by atoms with E-state index in [1.54, 1.807) is 0 Å². The Bertz CT molecular complexity index is 680. The Labute approximate surface area is 189 Å². The molecule has 0 atom stereocenters. The molecule has 7 heteroatoms. The number of para-hydroxylation sites is 2. The standard InChI is InChI=1S/C24H32N2O4S/c27-23(19-25-21-11-3-1-4-12-21)29-15-7-9-17-31-18-10-8-16-30-24(28)20-26-22-13-5-2-6-14-22/h1-6,11-14,25-26H,7-10,15-20H2. The summed E-state index contributed by atoms with van der Waals surface area (Å²) in [6.45, 7) is 1.29. The van der Waals surface area contributed by atoms with E-state index in [0.717, 1.165) is 48.6 Å². The number of carbonyl (C=O) groups excluding carboxylic acids is 2. The molecular weight excluding hydrogens is 412 g/mol. The van der Waals surface area contributed by atoms with Gasteiger partial charge in [0.25, 0.3) is 0 Å². The van der Waals surface area contributed by atoms with Crippen molar-refractivity contribution in [3.63, 3.8) is 0 Å². The highest BCUT2D eigenvalue weighted by molar-refractivity contribution is 7.99. The molecule has 0 unspecified atom stereocenters. The molecule has 0 saturated carbocycles. The maximum Gasteiger partial charge on any atom is 0.325 e. The Morgan fingerprint density at radius 2 is 1.06 bits per heavy atom. The van der Waals surface area contributed by atoms with Crippen molar-refractivity contribution < 1.29 is 19.1 Å². The lowest BCUT2D eigenvalue weighted by molar-refractivity contribution is -0.142. The molecule has 168 valence electrons. The molecule has 0 spiro atoms. The van der Waals surface area contributed by atoms with E-state index < -0.39 is 0 Å². The molecule has 0 fully saturated rings. The molecule has 31 heavy (non-hydrogen) atoms. The topological polar surface area (TPSA) is 76.7 Å². The van der Waals surface area contributed by atoms with Crippen LogP contribution in [-0.4, -0.2) is 49.7 Å². The normalized spacial score (nSPS) is 10.3. The SMILES string of the molecule is O=C(CNc1ccccc1)OCCCCSCCCCOC(=O)CNc1ccccc1. The van der Waals surface area contributed by atoms with Crippen LogP contribution in [0.5, 0.6) is 0 Å². The third-order valence-corrected chi connectivity index (χ3v) is 5.47. The number of esters is 2. The third kappa shape index (κ3) is 12.6. The van der Waals surface area contributed by atoms with Crippen LogP contribution in [0.1, 0.15) is 25.7 Å². The fourth-order valence-corrected chi connectivity index (χ4v) is 3.67. The molecule has 0 aliphatic rings. The first-order valence-electron chi connectivity index (χ1n) is 10.7. The smallest absolute Gasteiger partial charge is 0.325 e. The molecule has 2 aromatic rings. The summed E-state index contributed by atoms with van der Waals surface area (Å²) >= 11 is 1.88. The van der Waals surface area contributed by atoms with Gasteiger partial charge in [-0.25, -0.2) is 0 Å². The second kappa shape index (κ2) is 16.1. The number of anilines is 2. The number of unbranched alkanes of at least 4 members (excludes halogenated alkanes) is 2. The minimum atomic E-state index is -0.231. The van der Waals surface area contributed by atoms with Gasteiger partial charge in [0.05, 0.1) is 13.2 Å². The second-order valence-corrected chi connectivity index (χ2v) is 8.13. The van der Waals surface area contributed by atoms with Crippen molar-refractivity contribution in [3.8, 4) is 0 Å². The predicted molar refractivity (Wildman–Crippen MR) is 128 cm³/mol. The summed E-state index contributed by atoms with van der Waals surface area (Å²) < 4.78 is 10.5. The largest absolute Gasteiger partial charge is 0.464 e. The van der Waals surface area contributed by atoms with Crippen molar-refractivity contribution in [3.05, 3.63) is 60.7 Å². The third-order valence-electron chi connectivity index (χ3n) is 4.31. The lowest BCUT2D eigenvalue weighted by Crippen LogP contribution is -2.17. The number of rotatable bonds is 16. The number of hydrogen-bond acceptors (Lipinski definition) is 7. The van der Waals surface area contributed by atoms with Crippen LogP contribution in [0, 0.1) is 0 Å². The van der Waals surface area contributed by atoms with E-state index in [9.17, 15) is 9.59 Å². The van der Waals surface area contributed by atoms with Gasteiger partial charge in [-0.05, 0) is 61.5 Å². The summed E-state index contributed by atoms with van der Waals surface area (Å²) in [7, 11) is 0. The van der Waals surface area contributed by atoms with E-state index in [0.29, 0.717) is 13.2 Å². The van der Waals surface area contributed by atoms with Gasteiger partial charge in [0.2, 0.25) is 0 Å². The van der Waals surface area contributed by atoms with Crippen molar-refractivity contribution in [2.45, 2.75) is 25.7 Å². The van der Waals surface area contributed by atoms with Crippen LogP contribution in [0.15, 0.2) is 60.7 Å². The molecule has 0 bridgehead atoms. The molecule has 0 amide bonds. The molecule has 2 aromatic carbocycles. The van der Waals surface area contributed by atoms with E-state index in [1.165, 1.54) is 0 Å². The van der Waals surface area contributed by atoms with Gasteiger partial charge in [0.1, 0.15) is 13.1 Å². The molecule has 0 saturated heterocycles. The minimum Gasteiger partial charge on any atom is -0.464 e. The first kappa shape index (κ1) is 24.6. The Morgan fingerprint density at radius 1 is 0.645 bits per heavy atom. The highest BCUT2D eigenvalue weighted by atomic mass is 32.2. The number of nitrogens with one attached hydrogen (secondary N) is 2. The molecule has 2 N–H and O–H groups in total. The Kier molecular flexibility index (Phi) is 12.8. The van der Waals surface area contributed by atoms with Gasteiger partial charge in [-0.2, -0.15) is 11.8 Å². The number of benzene rings is 2. The van der Waals surface area contributed by atoms with Gasteiger partial charge >= 0.3 is 11.9 Å². The van der Waals surface area contributed by atoms with E-state index in [1.807, 2.05) is 72.4 Å². The van der Waals surface area contributed by atoms with Gasteiger partial charge in [-0.1, -0.05) is 36.4 Å². The van der Waals surface area contributed by atoms with E-state index in [2.05, 4.69) is 10.6 Å². The lowest BCUT2D eigenvalue weighted by atomic mass is 10.3. The summed E-state index contributed by atoms with van der Waals surface area (Å²) in [5.41, 5.74) is 1.82. The summed E-state index contributed by atoms with van der Waals surface area (Å²) in [6, 6.07) is 19.2. The first-order valence-corrected chi connectivity index (χ1v) is 11.9. The molecule has 6 nitrogen and oxygen atoms in total. The fraction of sp³-hybridized carbons (Fsp3) is 0.417. The molecule has 0 aliphatic heterocycles. The van der Waals surface area contributed by atoms with Crippen LogP contribution in [-0.2, 0) is 19.1 Å². The molecular formula is C24H32N2O4S. The summed E-state index contributed by atoms with van der Waals surface area (Å²) in [6.07, 6.45) is 3.78. The number of hydrogen-bond donors (Lipinski definition) is 2. The quantitative estimate of drug-likeness (QED) is 0.290. The van der Waals surface area contributed by atoms with Gasteiger partial charge in [0.15, 0.2) is 0 Å². The van der Waals surface area contributed by atoms with Crippen LogP contribution >= 0.6 is 11.8 Å². The van der Waals surface area contributed by atoms with Crippen LogP contribution in [0.2, 0.25) is 0 Å². The van der Waals surface area contributed by atoms with Crippen molar-refractivity contribution >= 4 is 35.1 Å². The van der Waals surface area contributed by atoms with Crippen LogP contribution in [0.25, 0.3) is 0 Å². The lowest BCUT2D eigenvalue weighted by Gasteiger charge is -2.08. The molecule has 0 heterocycles. The zero-order valence-electron chi connectivity index (χ0n) is 17.9. The van der Waals surface area contributed by atoms with Crippen LogP contribution < -0.4 is 10.6 Å². The van der Waals surface area contributed by atoms with Crippen molar-refractivity contribution in [2.75, 3.05) is 48.4 Å². The van der Waals surface area contributed by atoms with Gasteiger partial charge in [-0.15, -0.1) is 0 Å². The predicted octanol–water partition coefficient (Wildman–Crippen LogP) is 4.59. The Morgan fingerprint density at radius 3 is 1.48 bits per heavy atom. The number of thioether (sulfide) groups is 1. The number of carbonyl (C=O) groups is 2. The van der Waals surface area contributed by atoms with E-state index in [-0.39, 0.29) is 25.0 Å². The molecule has 0 aliphatic carbocycles. The molecule has 0 radical (unpaired) electrons. The Hall–Kier alpha value is -2.67. The molecule has 2 rings (SSSR count). The average Bonchev–Trinajstić information content (AvgIpc) is 2.81. The summed E-state index contributed by atoms with van der Waals surface area (Å²) in [5, 5.41) is 6.08. The van der Waals surface area contributed by atoms with E-state index in [4.69, 9.17) is 9.47 Å². The fourth-order valence-electron chi connectivity index (χ4n) is 2.65. The highest BCUT2D eigenvalue weighted by Crippen LogP contribution is 2.09. The van der Waals surface area contributed by atoms with Crippen molar-refractivity contribution in [1.82, 2.24) is 0 Å². The van der Waals surface area contributed by atoms with Gasteiger partial charge in [0, 0.05) is 11.4 Å². The van der Waals surface area contributed by atoms with Crippen LogP contribution in [0.3, 0.4) is 0 Å². The average molecular weight is 445 g/mol. The minimum absolute atomic E-state index is 0.186. The maximum absolute atomic E-state index is 11.7. The first-order chi connectivity index (χ1) is 15.2. The molecule has 0 aromatic heterocycles. The van der Waals surface area contributed by atoms with E-state index >= 15 is 0 Å². The van der Waals surface area contributed by atoms with Gasteiger partial charge < -0.3 is 20.1 Å². The second-order valence-electron chi connectivity index (χ2n) is 6.91. The summed E-state index contributed by atoms with van der Waals surface area (Å²) in [4.78, 5) is 23.4.